The molecule has 0 aromatic rings. The Hall–Kier alpha value is 0.0795. The van der Waals surface area contributed by atoms with Gasteiger partial charge in [-0.3, -0.25) is 0 Å². The topological polar surface area (TPSA) is 115 Å². The summed E-state index contributed by atoms with van der Waals surface area (Å²) in [6, 6.07) is 0. The van der Waals surface area contributed by atoms with Gasteiger partial charge in [0.2, 0.25) is 0 Å². The molecule has 119 valence electrons. The molecular weight excluding hydrogens is 344 g/mol. The van der Waals surface area contributed by atoms with Crippen LogP contribution in [0.15, 0.2) is 0 Å². The third kappa shape index (κ3) is 18.1. The summed E-state index contributed by atoms with van der Waals surface area (Å²) >= 11 is 3.05. The molecule has 9 heteroatoms. The van der Waals surface area contributed by atoms with Crippen molar-refractivity contribution in [3.63, 3.8) is 0 Å². The molecule has 0 fully saturated rings. The first kappa shape index (κ1) is 24.1. The molecule has 6 nitrogen and oxygen atoms in total. The van der Waals surface area contributed by atoms with Crippen LogP contribution in [-0.4, -0.2) is 68.6 Å². The maximum atomic E-state index is 9.95. The Morgan fingerprint density at radius 2 is 1.16 bits per heavy atom. The molecule has 0 spiro atoms. The van der Waals surface area contributed by atoms with Crippen molar-refractivity contribution in [1.82, 2.24) is 0 Å². The van der Waals surface area contributed by atoms with E-state index in [9.17, 15) is 9.59 Å². The van der Waals surface area contributed by atoms with E-state index >= 15 is 0 Å². The maximum Gasteiger partial charge on any atom is 0.332 e. The number of hydrogen-bond donors (Lipinski definition) is 4. The monoisotopic (exact) mass is 363 g/mol. The second-order valence-electron chi connectivity index (χ2n) is 3.27. The molecule has 0 amide bonds. The van der Waals surface area contributed by atoms with Gasteiger partial charge >= 0.3 is 11.9 Å². The number of carboxylic acids is 2. The van der Waals surface area contributed by atoms with E-state index in [1.807, 2.05) is 12.5 Å². The van der Waals surface area contributed by atoms with Crippen molar-refractivity contribution >= 4 is 35.5 Å². The average Bonchev–Trinajstić information content (AvgIpc) is 2.33. The number of aliphatic hydroxyl groups excluding tert-OH is 2. The van der Waals surface area contributed by atoms with E-state index in [-0.39, 0.29) is 17.1 Å². The minimum Gasteiger partial charge on any atom is -0.479 e. The predicted molar refractivity (Wildman–Crippen MR) is 73.3 cm³/mol. The van der Waals surface area contributed by atoms with Crippen molar-refractivity contribution in [2.75, 3.05) is 24.0 Å². The van der Waals surface area contributed by atoms with Crippen molar-refractivity contribution in [1.29, 1.82) is 0 Å². The van der Waals surface area contributed by atoms with E-state index in [0.29, 0.717) is 24.3 Å². The third-order valence-electron chi connectivity index (χ3n) is 1.76. The van der Waals surface area contributed by atoms with Crippen LogP contribution in [0.2, 0.25) is 0 Å². The first-order valence-corrected chi connectivity index (χ1v) is 7.95. The van der Waals surface area contributed by atoms with Crippen molar-refractivity contribution in [2.45, 2.75) is 25.0 Å². The summed E-state index contributed by atoms with van der Waals surface area (Å²) < 4.78 is 0. The fourth-order valence-electron chi connectivity index (χ4n) is 0.706. The van der Waals surface area contributed by atoms with Gasteiger partial charge in [-0.15, -0.1) is 0 Å². The molecule has 1 radical (unpaired) electrons. The van der Waals surface area contributed by atoms with Gasteiger partial charge in [0, 0.05) is 17.1 Å². The molecule has 0 bridgehead atoms. The van der Waals surface area contributed by atoms with Crippen LogP contribution in [0, 0.1) is 0 Å². The zero-order valence-corrected chi connectivity index (χ0v) is 13.3. The standard InChI is InChI=1S/2C5H10O3S.Cu/c2*1-9-3-2-4(6)5(7)8;/h2*4,6H,2-3H2,1H3,(H,7,8);/t2*4-;/m00./s1. The first-order valence-electron chi connectivity index (χ1n) is 5.16. The molecule has 0 rings (SSSR count). The van der Waals surface area contributed by atoms with Crippen LogP contribution < -0.4 is 0 Å². The van der Waals surface area contributed by atoms with Gasteiger partial charge in [-0.1, -0.05) is 0 Å². The Kier molecular flexibility index (Phi) is 20.5. The number of rotatable bonds is 8. The van der Waals surface area contributed by atoms with Crippen molar-refractivity contribution < 1.29 is 47.1 Å². The van der Waals surface area contributed by atoms with Crippen LogP contribution in [0.4, 0.5) is 0 Å². The van der Waals surface area contributed by atoms with E-state index in [2.05, 4.69) is 0 Å². The summed E-state index contributed by atoms with van der Waals surface area (Å²) in [5.41, 5.74) is 0. The van der Waals surface area contributed by atoms with Crippen LogP contribution in [0.3, 0.4) is 0 Å². The summed E-state index contributed by atoms with van der Waals surface area (Å²) in [5.74, 6) is -0.894. The molecule has 0 saturated heterocycles. The fraction of sp³-hybridized carbons (Fsp3) is 0.800. The molecule has 2 atom stereocenters. The molecule has 0 aliphatic carbocycles. The fourth-order valence-corrected chi connectivity index (χ4v) is 1.62. The molecule has 0 aromatic carbocycles. The third-order valence-corrected chi connectivity index (χ3v) is 3.05. The van der Waals surface area contributed by atoms with Gasteiger partial charge in [0.1, 0.15) is 0 Å². The smallest absolute Gasteiger partial charge is 0.332 e. The van der Waals surface area contributed by atoms with Gasteiger partial charge in [-0.05, 0) is 36.9 Å². The van der Waals surface area contributed by atoms with Crippen molar-refractivity contribution in [2.24, 2.45) is 0 Å². The average molecular weight is 364 g/mol. The van der Waals surface area contributed by atoms with E-state index in [4.69, 9.17) is 20.4 Å². The predicted octanol–water partition coefficient (Wildman–Crippen LogP) is 0.368. The van der Waals surface area contributed by atoms with Gasteiger partial charge in [0.05, 0.1) is 0 Å². The minimum absolute atomic E-state index is 0. The first-order chi connectivity index (χ1) is 8.36. The summed E-state index contributed by atoms with van der Waals surface area (Å²) in [4.78, 5) is 19.9. The summed E-state index contributed by atoms with van der Waals surface area (Å²) in [6.07, 6.45) is 2.03. The maximum absolute atomic E-state index is 9.95. The van der Waals surface area contributed by atoms with Crippen LogP contribution in [0.1, 0.15) is 12.8 Å². The molecule has 0 heterocycles. The molecule has 0 unspecified atom stereocenters. The quantitative estimate of drug-likeness (QED) is 0.457. The summed E-state index contributed by atoms with van der Waals surface area (Å²) in [6.45, 7) is 0. The second-order valence-corrected chi connectivity index (χ2v) is 5.24. The zero-order valence-electron chi connectivity index (χ0n) is 10.7. The van der Waals surface area contributed by atoms with Gasteiger partial charge in [-0.25, -0.2) is 9.59 Å². The van der Waals surface area contributed by atoms with Gasteiger partial charge in [-0.2, -0.15) is 23.5 Å². The molecular formula is C10H20CuO6S2. The van der Waals surface area contributed by atoms with Crippen molar-refractivity contribution in [3.05, 3.63) is 0 Å². The van der Waals surface area contributed by atoms with E-state index < -0.39 is 24.1 Å². The van der Waals surface area contributed by atoms with Gasteiger partial charge in [0.25, 0.3) is 0 Å². The Morgan fingerprint density at radius 3 is 1.32 bits per heavy atom. The Balaban J connectivity index is -0.000000256. The van der Waals surface area contributed by atoms with E-state index in [1.165, 1.54) is 23.5 Å². The number of hydrogen-bond acceptors (Lipinski definition) is 6. The molecule has 0 aliphatic rings. The molecule has 19 heavy (non-hydrogen) atoms. The number of carbonyl (C=O) groups is 2. The SMILES string of the molecule is CSCC[C@H](O)C(=O)O.CSCC[C@H](O)C(=O)O.[Cu]. The Morgan fingerprint density at radius 1 is 0.895 bits per heavy atom. The molecule has 4 N–H and O–H groups in total. The molecule has 0 saturated carbocycles. The summed E-state index contributed by atoms with van der Waals surface area (Å²) in [5, 5.41) is 33.6. The number of thioether (sulfide) groups is 2. The molecule has 0 aromatic heterocycles. The van der Waals surface area contributed by atoms with Crippen LogP contribution in [-0.2, 0) is 26.7 Å². The number of aliphatic carboxylic acids is 2. The normalized spacial score (nSPS) is 12.4. The van der Waals surface area contributed by atoms with Crippen LogP contribution >= 0.6 is 23.5 Å². The number of carboxylic acid groups (broad SMARTS) is 2. The largest absolute Gasteiger partial charge is 0.479 e. The van der Waals surface area contributed by atoms with E-state index in [1.54, 1.807) is 0 Å². The van der Waals surface area contributed by atoms with Gasteiger partial charge < -0.3 is 20.4 Å². The van der Waals surface area contributed by atoms with E-state index in [0.717, 1.165) is 0 Å². The second kappa shape index (κ2) is 16.1. The molecule has 0 aliphatic heterocycles. The Labute approximate surface area is 131 Å². The zero-order chi connectivity index (χ0) is 14.6. The number of aliphatic hydroxyl groups is 2. The van der Waals surface area contributed by atoms with Crippen molar-refractivity contribution in [3.8, 4) is 0 Å². The van der Waals surface area contributed by atoms with Crippen LogP contribution in [0.25, 0.3) is 0 Å². The summed E-state index contributed by atoms with van der Waals surface area (Å²) in [7, 11) is 0. The van der Waals surface area contributed by atoms with Gasteiger partial charge in [0.15, 0.2) is 12.2 Å². The Bertz CT molecular complexity index is 218. The minimum atomic E-state index is -1.18. The van der Waals surface area contributed by atoms with Crippen LogP contribution in [0.5, 0.6) is 0 Å².